The molecule has 0 saturated carbocycles. The van der Waals surface area contributed by atoms with E-state index in [-0.39, 0.29) is 0 Å². The summed E-state index contributed by atoms with van der Waals surface area (Å²) in [5.41, 5.74) is 0. The molecule has 40 heavy (non-hydrogen) atoms. The van der Waals surface area contributed by atoms with Crippen molar-refractivity contribution in [3.05, 3.63) is 0 Å². The summed E-state index contributed by atoms with van der Waals surface area (Å²) >= 11 is 0. The van der Waals surface area contributed by atoms with E-state index < -0.39 is 0 Å². The molecule has 0 amide bonds. The maximum Gasteiger partial charge on any atom is 0.0701 e. The SMILES string of the molecule is CCCCCCCCCCCCOCCOCCOCCOCCOCCOCCOCCOCCCCCC. The topological polar surface area (TPSA) is 73.8 Å². The van der Waals surface area contributed by atoms with Gasteiger partial charge in [0.25, 0.3) is 0 Å². The van der Waals surface area contributed by atoms with Gasteiger partial charge in [0.1, 0.15) is 0 Å². The van der Waals surface area contributed by atoms with E-state index in [0.717, 1.165) is 26.1 Å². The van der Waals surface area contributed by atoms with Gasteiger partial charge in [-0.3, -0.25) is 0 Å². The molecule has 0 aromatic heterocycles. The van der Waals surface area contributed by atoms with Crippen molar-refractivity contribution in [2.24, 2.45) is 0 Å². The molecule has 0 radical (unpaired) electrons. The lowest BCUT2D eigenvalue weighted by atomic mass is 10.1. The van der Waals surface area contributed by atoms with E-state index in [4.69, 9.17) is 37.9 Å². The molecule has 242 valence electrons. The van der Waals surface area contributed by atoms with Gasteiger partial charge in [-0.05, 0) is 12.8 Å². The van der Waals surface area contributed by atoms with Crippen LogP contribution in [0.25, 0.3) is 0 Å². The molecule has 0 aliphatic carbocycles. The van der Waals surface area contributed by atoms with E-state index in [1.54, 1.807) is 0 Å². The fourth-order valence-corrected chi connectivity index (χ4v) is 3.96. The normalized spacial score (nSPS) is 11.6. The monoisotopic (exact) mass is 578 g/mol. The number of ether oxygens (including phenoxy) is 8. The van der Waals surface area contributed by atoms with Gasteiger partial charge < -0.3 is 37.9 Å². The molecule has 0 aromatic carbocycles. The zero-order valence-electron chi connectivity index (χ0n) is 26.5. The van der Waals surface area contributed by atoms with Gasteiger partial charge in [-0.1, -0.05) is 90.9 Å². The van der Waals surface area contributed by atoms with Gasteiger partial charge in [0.15, 0.2) is 0 Å². The summed E-state index contributed by atoms with van der Waals surface area (Å²) < 4.78 is 44.2. The van der Waals surface area contributed by atoms with E-state index in [9.17, 15) is 0 Å². The van der Waals surface area contributed by atoms with Crippen LogP contribution in [0.4, 0.5) is 0 Å². The minimum Gasteiger partial charge on any atom is -0.379 e. The second-order valence-electron chi connectivity index (χ2n) is 10.1. The van der Waals surface area contributed by atoms with Crippen molar-refractivity contribution in [3.63, 3.8) is 0 Å². The maximum absolute atomic E-state index is 5.64. The van der Waals surface area contributed by atoms with Crippen LogP contribution in [0.15, 0.2) is 0 Å². The third-order valence-corrected chi connectivity index (χ3v) is 6.39. The van der Waals surface area contributed by atoms with Gasteiger partial charge in [0.05, 0.1) is 92.5 Å². The molecule has 0 aliphatic rings. The highest BCUT2D eigenvalue weighted by Gasteiger charge is 1.96. The molecular formula is C32H66O8. The molecule has 0 N–H and O–H groups in total. The van der Waals surface area contributed by atoms with E-state index in [2.05, 4.69) is 13.8 Å². The Hall–Kier alpha value is -0.320. The Labute approximate surface area is 247 Å². The Morgan fingerprint density at radius 1 is 0.200 bits per heavy atom. The van der Waals surface area contributed by atoms with Crippen LogP contribution in [-0.4, -0.2) is 106 Å². The van der Waals surface area contributed by atoms with Crippen molar-refractivity contribution in [2.45, 2.75) is 104 Å². The minimum atomic E-state index is 0.553. The van der Waals surface area contributed by atoms with Crippen LogP contribution in [0.3, 0.4) is 0 Å². The lowest BCUT2D eigenvalue weighted by Gasteiger charge is -2.09. The molecule has 0 aliphatic heterocycles. The first-order valence-electron chi connectivity index (χ1n) is 16.5. The summed E-state index contributed by atoms with van der Waals surface area (Å²) in [6.07, 6.45) is 18.4. The van der Waals surface area contributed by atoms with Crippen LogP contribution in [0, 0.1) is 0 Å². The summed E-state index contributed by atoms with van der Waals surface area (Å²) in [7, 11) is 0. The van der Waals surface area contributed by atoms with Crippen LogP contribution < -0.4 is 0 Å². The molecule has 0 spiro atoms. The smallest absolute Gasteiger partial charge is 0.0701 e. The highest BCUT2D eigenvalue weighted by Crippen LogP contribution is 2.10. The Bertz CT molecular complexity index is 390. The number of hydrogen-bond acceptors (Lipinski definition) is 8. The quantitative estimate of drug-likeness (QED) is 0.0762. The molecule has 8 nitrogen and oxygen atoms in total. The molecule has 8 heteroatoms. The Morgan fingerprint density at radius 3 is 0.625 bits per heavy atom. The average Bonchev–Trinajstić information content (AvgIpc) is 2.97. The molecule has 0 saturated heterocycles. The maximum atomic E-state index is 5.64. The first-order valence-corrected chi connectivity index (χ1v) is 16.5. The highest BCUT2D eigenvalue weighted by atomic mass is 16.6. The predicted octanol–water partition coefficient (Wildman–Crippen LogP) is 6.62. The van der Waals surface area contributed by atoms with E-state index in [1.807, 2.05) is 0 Å². The summed E-state index contributed by atoms with van der Waals surface area (Å²) in [5.74, 6) is 0. The van der Waals surface area contributed by atoms with Gasteiger partial charge in [-0.2, -0.15) is 0 Å². The van der Waals surface area contributed by atoms with Crippen LogP contribution in [0.2, 0.25) is 0 Å². The van der Waals surface area contributed by atoms with Crippen LogP contribution in [0.1, 0.15) is 104 Å². The number of unbranched alkanes of at least 4 members (excludes halogenated alkanes) is 12. The molecular weight excluding hydrogens is 512 g/mol. The summed E-state index contributed by atoms with van der Waals surface area (Å²) in [6, 6.07) is 0. The molecule has 0 bridgehead atoms. The summed E-state index contributed by atoms with van der Waals surface area (Å²) in [4.78, 5) is 0. The largest absolute Gasteiger partial charge is 0.379 e. The van der Waals surface area contributed by atoms with Gasteiger partial charge in [-0.15, -0.1) is 0 Å². The fraction of sp³-hybridized carbons (Fsp3) is 1.00. The van der Waals surface area contributed by atoms with E-state index in [1.165, 1.54) is 77.0 Å². The predicted molar refractivity (Wildman–Crippen MR) is 163 cm³/mol. The first kappa shape index (κ1) is 39.7. The Kier molecular flexibility index (Phi) is 38.4. The van der Waals surface area contributed by atoms with Crippen LogP contribution in [0.5, 0.6) is 0 Å². The van der Waals surface area contributed by atoms with Gasteiger partial charge >= 0.3 is 0 Å². The zero-order valence-corrected chi connectivity index (χ0v) is 26.5. The molecule has 0 heterocycles. The van der Waals surface area contributed by atoms with E-state index >= 15 is 0 Å². The first-order chi connectivity index (χ1) is 19.9. The van der Waals surface area contributed by atoms with Gasteiger partial charge in [-0.25, -0.2) is 0 Å². The minimum absolute atomic E-state index is 0.553. The van der Waals surface area contributed by atoms with Crippen LogP contribution >= 0.6 is 0 Å². The fourth-order valence-electron chi connectivity index (χ4n) is 3.96. The molecule has 0 aromatic rings. The van der Waals surface area contributed by atoms with Gasteiger partial charge in [0, 0.05) is 13.2 Å². The van der Waals surface area contributed by atoms with Gasteiger partial charge in [0.2, 0.25) is 0 Å². The molecule has 0 rings (SSSR count). The standard InChI is InChI=1S/C32H66O8/c1-3-5-7-9-10-11-12-13-14-16-18-34-20-22-36-24-26-38-28-30-40-32-31-39-29-27-37-25-23-35-21-19-33-17-15-8-6-4-2/h3-32H2,1-2H3. The second-order valence-corrected chi connectivity index (χ2v) is 10.1. The average molecular weight is 579 g/mol. The van der Waals surface area contributed by atoms with Crippen molar-refractivity contribution in [2.75, 3.05) is 106 Å². The third kappa shape index (κ3) is 37.7. The van der Waals surface area contributed by atoms with Crippen molar-refractivity contribution in [1.29, 1.82) is 0 Å². The van der Waals surface area contributed by atoms with Crippen LogP contribution in [-0.2, 0) is 37.9 Å². The highest BCUT2D eigenvalue weighted by molar-refractivity contribution is 4.47. The van der Waals surface area contributed by atoms with E-state index in [0.29, 0.717) is 92.5 Å². The lowest BCUT2D eigenvalue weighted by molar-refractivity contribution is -0.0232. The zero-order chi connectivity index (χ0) is 28.9. The molecule has 0 fully saturated rings. The van der Waals surface area contributed by atoms with Crippen molar-refractivity contribution >= 4 is 0 Å². The Morgan fingerprint density at radius 2 is 0.375 bits per heavy atom. The van der Waals surface area contributed by atoms with Crippen molar-refractivity contribution in [1.82, 2.24) is 0 Å². The second kappa shape index (κ2) is 38.7. The van der Waals surface area contributed by atoms with Crippen molar-refractivity contribution in [3.8, 4) is 0 Å². The molecule has 0 atom stereocenters. The number of rotatable bonds is 37. The third-order valence-electron chi connectivity index (χ3n) is 6.39. The number of hydrogen-bond donors (Lipinski definition) is 0. The van der Waals surface area contributed by atoms with Crippen molar-refractivity contribution < 1.29 is 37.9 Å². The summed E-state index contributed by atoms with van der Waals surface area (Å²) in [6.45, 7) is 14.4. The Balaban J connectivity index is 3.01. The summed E-state index contributed by atoms with van der Waals surface area (Å²) in [5, 5.41) is 0. The lowest BCUT2D eigenvalue weighted by Crippen LogP contribution is -2.15. The molecule has 0 unspecified atom stereocenters.